The van der Waals surface area contributed by atoms with Crippen LogP contribution < -0.4 is 5.32 Å². The van der Waals surface area contributed by atoms with Gasteiger partial charge < -0.3 is 5.32 Å². The molecule has 1 heterocycles. The van der Waals surface area contributed by atoms with Crippen molar-refractivity contribution in [2.45, 2.75) is 45.8 Å². The summed E-state index contributed by atoms with van der Waals surface area (Å²) in [6.45, 7) is 7.93. The van der Waals surface area contributed by atoms with E-state index in [9.17, 15) is 14.4 Å². The highest BCUT2D eigenvalue weighted by molar-refractivity contribution is 8.04. The second kappa shape index (κ2) is 8.34. The van der Waals surface area contributed by atoms with Gasteiger partial charge in [0.15, 0.2) is 0 Å². The zero-order valence-corrected chi connectivity index (χ0v) is 15.9. The Morgan fingerprint density at radius 1 is 1.16 bits per heavy atom. The zero-order chi connectivity index (χ0) is 18.6. The molecule has 0 fully saturated rings. The largest absolute Gasteiger partial charge is 0.326 e. The van der Waals surface area contributed by atoms with Crippen LogP contribution in [0.15, 0.2) is 29.2 Å². The highest BCUT2D eigenvalue weighted by atomic mass is 32.2. The molecule has 0 aromatic heterocycles. The molecule has 0 unspecified atom stereocenters. The van der Waals surface area contributed by atoms with Gasteiger partial charge >= 0.3 is 0 Å². The lowest BCUT2D eigenvalue weighted by atomic mass is 10.1. The highest BCUT2D eigenvalue weighted by Gasteiger charge is 2.38. The van der Waals surface area contributed by atoms with Crippen LogP contribution in [0.3, 0.4) is 0 Å². The second-order valence-electron chi connectivity index (χ2n) is 6.24. The van der Waals surface area contributed by atoms with Gasteiger partial charge in [0.1, 0.15) is 0 Å². The van der Waals surface area contributed by atoms with Crippen LogP contribution in [0.2, 0.25) is 0 Å². The van der Waals surface area contributed by atoms with Crippen molar-refractivity contribution in [2.75, 3.05) is 11.9 Å². The van der Waals surface area contributed by atoms with Crippen molar-refractivity contribution in [1.82, 2.24) is 4.90 Å². The van der Waals surface area contributed by atoms with Crippen LogP contribution in [0.25, 0.3) is 5.57 Å². The monoisotopic (exact) mass is 360 g/mol. The standard InChI is InChI=1S/C19H24N2O3S/c1-5-6-11-21-18(23)16(17(19(21)24)25-12(2)3)14-7-9-15(10-8-14)20-13(4)22/h7-10,12H,5-6,11H2,1-4H3,(H,20,22). The maximum Gasteiger partial charge on any atom is 0.267 e. The summed E-state index contributed by atoms with van der Waals surface area (Å²) in [5.41, 5.74) is 1.83. The van der Waals surface area contributed by atoms with Crippen LogP contribution in [-0.4, -0.2) is 34.4 Å². The van der Waals surface area contributed by atoms with Crippen molar-refractivity contribution < 1.29 is 14.4 Å². The third-order valence-electron chi connectivity index (χ3n) is 3.71. The Morgan fingerprint density at radius 2 is 1.80 bits per heavy atom. The first kappa shape index (κ1) is 19.2. The SMILES string of the molecule is CCCCN1C(=O)C(SC(C)C)=C(c2ccc(NC(C)=O)cc2)C1=O. The minimum absolute atomic E-state index is 0.152. The molecule has 3 amide bonds. The van der Waals surface area contributed by atoms with Crippen molar-refractivity contribution in [3.05, 3.63) is 34.7 Å². The number of nitrogens with zero attached hydrogens (tertiary/aromatic N) is 1. The molecule has 1 aromatic rings. The molecule has 6 heteroatoms. The molecule has 5 nitrogen and oxygen atoms in total. The lowest BCUT2D eigenvalue weighted by Crippen LogP contribution is -2.32. The van der Waals surface area contributed by atoms with E-state index in [1.54, 1.807) is 24.3 Å². The molecule has 0 bridgehead atoms. The predicted octanol–water partition coefficient (Wildman–Crippen LogP) is 3.67. The van der Waals surface area contributed by atoms with Gasteiger partial charge in [-0.05, 0) is 24.1 Å². The van der Waals surface area contributed by atoms with Gasteiger partial charge in [0.25, 0.3) is 11.8 Å². The maximum absolute atomic E-state index is 12.8. The molecule has 0 saturated heterocycles. The van der Waals surface area contributed by atoms with E-state index < -0.39 is 0 Å². The molecule has 0 aliphatic carbocycles. The minimum atomic E-state index is -0.228. The van der Waals surface area contributed by atoms with Gasteiger partial charge in [-0.15, -0.1) is 11.8 Å². The Balaban J connectivity index is 2.38. The van der Waals surface area contributed by atoms with E-state index in [4.69, 9.17) is 0 Å². The molecular weight excluding hydrogens is 336 g/mol. The van der Waals surface area contributed by atoms with Crippen LogP contribution in [0.1, 0.15) is 46.1 Å². The average Bonchev–Trinajstić information content (AvgIpc) is 2.76. The van der Waals surface area contributed by atoms with E-state index >= 15 is 0 Å². The van der Waals surface area contributed by atoms with E-state index in [1.165, 1.54) is 23.6 Å². The number of imide groups is 1. The summed E-state index contributed by atoms with van der Waals surface area (Å²) in [7, 11) is 0. The lowest BCUT2D eigenvalue weighted by Gasteiger charge is -2.14. The molecule has 0 saturated carbocycles. The van der Waals surface area contributed by atoms with Crippen molar-refractivity contribution in [3.8, 4) is 0 Å². The van der Waals surface area contributed by atoms with E-state index in [0.29, 0.717) is 28.3 Å². The van der Waals surface area contributed by atoms with Crippen molar-refractivity contribution in [2.24, 2.45) is 0 Å². The number of carbonyl (C=O) groups excluding carboxylic acids is 3. The van der Waals surface area contributed by atoms with E-state index in [1.807, 2.05) is 20.8 Å². The Labute approximate surface area is 152 Å². The van der Waals surface area contributed by atoms with Crippen LogP contribution in [0, 0.1) is 0 Å². The highest BCUT2D eigenvalue weighted by Crippen LogP contribution is 2.38. The Kier molecular flexibility index (Phi) is 6.42. The summed E-state index contributed by atoms with van der Waals surface area (Å²) in [4.78, 5) is 38.6. The summed E-state index contributed by atoms with van der Waals surface area (Å²) in [6, 6.07) is 7.04. The number of benzene rings is 1. The number of nitrogens with one attached hydrogen (secondary N) is 1. The van der Waals surface area contributed by atoms with Crippen LogP contribution in [-0.2, 0) is 14.4 Å². The quantitative estimate of drug-likeness (QED) is 0.754. The fraction of sp³-hybridized carbons (Fsp3) is 0.421. The third kappa shape index (κ3) is 4.51. The molecule has 1 aliphatic rings. The van der Waals surface area contributed by atoms with Crippen LogP contribution >= 0.6 is 11.8 Å². The van der Waals surface area contributed by atoms with Gasteiger partial charge in [-0.3, -0.25) is 19.3 Å². The summed E-state index contributed by atoms with van der Waals surface area (Å²) < 4.78 is 0. The van der Waals surface area contributed by atoms with Crippen molar-refractivity contribution >= 4 is 40.7 Å². The number of amides is 3. The van der Waals surface area contributed by atoms with Gasteiger partial charge in [-0.2, -0.15) is 0 Å². The topological polar surface area (TPSA) is 66.5 Å². The Morgan fingerprint density at radius 3 is 2.32 bits per heavy atom. The van der Waals surface area contributed by atoms with Gasteiger partial charge in [0, 0.05) is 24.4 Å². The Hall–Kier alpha value is -2.08. The van der Waals surface area contributed by atoms with Gasteiger partial charge in [0.2, 0.25) is 5.91 Å². The first-order valence-electron chi connectivity index (χ1n) is 8.50. The molecule has 1 aliphatic heterocycles. The number of thioether (sulfide) groups is 1. The van der Waals surface area contributed by atoms with E-state index in [2.05, 4.69) is 5.32 Å². The smallest absolute Gasteiger partial charge is 0.267 e. The predicted molar refractivity (Wildman–Crippen MR) is 102 cm³/mol. The molecule has 2 rings (SSSR count). The first-order chi connectivity index (χ1) is 11.8. The molecule has 1 N–H and O–H groups in total. The first-order valence-corrected chi connectivity index (χ1v) is 9.38. The fourth-order valence-corrected chi connectivity index (χ4v) is 3.60. The van der Waals surface area contributed by atoms with Gasteiger partial charge in [-0.25, -0.2) is 0 Å². The zero-order valence-electron chi connectivity index (χ0n) is 15.1. The maximum atomic E-state index is 12.8. The fourth-order valence-electron chi connectivity index (χ4n) is 2.60. The number of rotatable bonds is 7. The normalized spacial score (nSPS) is 14.7. The van der Waals surface area contributed by atoms with E-state index in [-0.39, 0.29) is 23.0 Å². The summed E-state index contributed by atoms with van der Waals surface area (Å²) in [5.74, 6) is -0.576. The lowest BCUT2D eigenvalue weighted by molar-refractivity contribution is -0.136. The van der Waals surface area contributed by atoms with Crippen LogP contribution in [0.4, 0.5) is 5.69 Å². The molecule has 0 radical (unpaired) electrons. The third-order valence-corrected chi connectivity index (χ3v) is 4.79. The van der Waals surface area contributed by atoms with Crippen molar-refractivity contribution in [1.29, 1.82) is 0 Å². The molecule has 0 atom stereocenters. The van der Waals surface area contributed by atoms with Gasteiger partial charge in [-0.1, -0.05) is 39.3 Å². The molecule has 25 heavy (non-hydrogen) atoms. The Bertz CT molecular complexity index is 708. The number of carbonyl (C=O) groups is 3. The molecular formula is C19H24N2O3S. The average molecular weight is 360 g/mol. The van der Waals surface area contributed by atoms with Crippen LogP contribution in [0.5, 0.6) is 0 Å². The van der Waals surface area contributed by atoms with Gasteiger partial charge in [0.05, 0.1) is 10.5 Å². The van der Waals surface area contributed by atoms with Crippen molar-refractivity contribution in [3.63, 3.8) is 0 Å². The molecule has 134 valence electrons. The summed E-state index contributed by atoms with van der Waals surface area (Å²) in [6.07, 6.45) is 1.72. The number of unbranched alkanes of at least 4 members (excludes halogenated alkanes) is 1. The minimum Gasteiger partial charge on any atom is -0.326 e. The second-order valence-corrected chi connectivity index (χ2v) is 7.83. The number of hydrogen-bond acceptors (Lipinski definition) is 4. The number of hydrogen-bond donors (Lipinski definition) is 1. The van der Waals surface area contributed by atoms with E-state index in [0.717, 1.165) is 12.8 Å². The number of anilines is 1. The summed E-state index contributed by atoms with van der Waals surface area (Å²) in [5, 5.41) is 2.90. The summed E-state index contributed by atoms with van der Waals surface area (Å²) >= 11 is 1.43. The molecule has 1 aromatic carbocycles. The molecule has 0 spiro atoms.